The van der Waals surface area contributed by atoms with Gasteiger partial charge in [0.1, 0.15) is 0 Å². The molecule has 15 heavy (non-hydrogen) atoms. The average Bonchev–Trinajstić information content (AvgIpc) is 2.25. The first kappa shape index (κ1) is 10.4. The second-order valence-electron chi connectivity index (χ2n) is 4.45. The number of rotatable bonds is 2. The number of anilines is 1. The van der Waals surface area contributed by atoms with Crippen molar-refractivity contribution in [2.45, 2.75) is 44.7 Å². The molecule has 0 bridgehead atoms. The lowest BCUT2D eigenvalue weighted by atomic mass is 9.91. The van der Waals surface area contributed by atoms with Crippen LogP contribution in [-0.2, 0) is 0 Å². The molecule has 1 fully saturated rings. The normalized spacial score (nSPS) is 26.3. The molecule has 3 heteroatoms. The van der Waals surface area contributed by atoms with Crippen LogP contribution in [0.15, 0.2) is 18.5 Å². The number of nitrogens with two attached hydrogens (primary N) is 1. The van der Waals surface area contributed by atoms with Crippen molar-refractivity contribution < 1.29 is 0 Å². The van der Waals surface area contributed by atoms with Crippen molar-refractivity contribution in [1.82, 2.24) is 4.98 Å². The predicted octanol–water partition coefficient (Wildman–Crippen LogP) is 2.07. The quantitative estimate of drug-likeness (QED) is 0.777. The molecule has 1 aromatic heterocycles. The maximum atomic E-state index is 5.88. The summed E-state index contributed by atoms with van der Waals surface area (Å²) in [5.41, 5.74) is 8.31. The fraction of sp³-hybridized carbons (Fsp3) is 0.583. The lowest BCUT2D eigenvalue weighted by Crippen LogP contribution is -2.32. The largest absolute Gasteiger partial charge is 0.381 e. The third-order valence-electron chi connectivity index (χ3n) is 3.17. The van der Waals surface area contributed by atoms with Gasteiger partial charge in [0.25, 0.3) is 0 Å². The molecule has 2 rings (SSSR count). The van der Waals surface area contributed by atoms with E-state index in [1.165, 1.54) is 18.4 Å². The summed E-state index contributed by atoms with van der Waals surface area (Å²) in [7, 11) is 0. The summed E-state index contributed by atoms with van der Waals surface area (Å²) in [5, 5.41) is 3.55. The molecule has 3 N–H and O–H groups in total. The molecular weight excluding hydrogens is 186 g/mol. The molecule has 0 unspecified atom stereocenters. The molecule has 0 spiro atoms. The monoisotopic (exact) mass is 205 g/mol. The molecule has 0 aliphatic heterocycles. The minimum Gasteiger partial charge on any atom is -0.381 e. The minimum absolute atomic E-state index is 0.415. The summed E-state index contributed by atoms with van der Waals surface area (Å²) in [5.74, 6) is 0. The Morgan fingerprint density at radius 1 is 1.33 bits per heavy atom. The highest BCUT2D eigenvalue weighted by molar-refractivity contribution is 5.48. The van der Waals surface area contributed by atoms with Gasteiger partial charge < -0.3 is 11.1 Å². The first-order chi connectivity index (χ1) is 7.25. The molecule has 0 amide bonds. The van der Waals surface area contributed by atoms with E-state index in [2.05, 4.69) is 17.2 Å². The van der Waals surface area contributed by atoms with Gasteiger partial charge in [-0.1, -0.05) is 0 Å². The van der Waals surface area contributed by atoms with E-state index in [1.54, 1.807) is 0 Å². The second-order valence-corrected chi connectivity index (χ2v) is 4.45. The Bertz CT molecular complexity index is 316. The number of hydrogen-bond donors (Lipinski definition) is 2. The molecule has 3 nitrogen and oxygen atoms in total. The van der Waals surface area contributed by atoms with Gasteiger partial charge in [0.05, 0.1) is 11.9 Å². The Balaban J connectivity index is 1.95. The number of nitrogens with zero attached hydrogens (tertiary/aromatic N) is 1. The average molecular weight is 205 g/mol. The molecule has 0 aromatic carbocycles. The Morgan fingerprint density at radius 2 is 2.07 bits per heavy atom. The zero-order valence-corrected chi connectivity index (χ0v) is 9.24. The molecule has 1 aliphatic carbocycles. The van der Waals surface area contributed by atoms with Crippen molar-refractivity contribution in [3.05, 3.63) is 24.0 Å². The maximum Gasteiger partial charge on any atom is 0.0558 e. The molecule has 0 saturated heterocycles. The van der Waals surface area contributed by atoms with Crippen LogP contribution >= 0.6 is 0 Å². The number of hydrogen-bond acceptors (Lipinski definition) is 3. The van der Waals surface area contributed by atoms with Crippen LogP contribution in [-0.4, -0.2) is 17.1 Å². The summed E-state index contributed by atoms with van der Waals surface area (Å²) in [6.07, 6.45) is 8.36. The molecule has 1 heterocycles. The maximum absolute atomic E-state index is 5.88. The van der Waals surface area contributed by atoms with Crippen molar-refractivity contribution in [2.24, 2.45) is 5.73 Å². The predicted molar refractivity (Wildman–Crippen MR) is 62.8 cm³/mol. The SMILES string of the molecule is Cc1ccncc1NC1CCC(N)CC1. The molecule has 1 saturated carbocycles. The number of nitrogens with one attached hydrogen (secondary N) is 1. The lowest BCUT2D eigenvalue weighted by molar-refractivity contribution is 0.411. The van der Waals surface area contributed by atoms with E-state index in [4.69, 9.17) is 5.73 Å². The molecule has 82 valence electrons. The summed E-state index contributed by atoms with van der Waals surface area (Å²) < 4.78 is 0. The van der Waals surface area contributed by atoms with E-state index in [1.807, 2.05) is 18.5 Å². The van der Waals surface area contributed by atoms with Crippen molar-refractivity contribution >= 4 is 5.69 Å². The zero-order valence-electron chi connectivity index (χ0n) is 9.24. The summed E-state index contributed by atoms with van der Waals surface area (Å²) in [4.78, 5) is 4.14. The number of aryl methyl sites for hydroxylation is 1. The Labute approximate surface area is 91.1 Å². The van der Waals surface area contributed by atoms with Gasteiger partial charge in [-0.05, 0) is 44.2 Å². The highest BCUT2D eigenvalue weighted by Crippen LogP contribution is 2.22. The van der Waals surface area contributed by atoms with Gasteiger partial charge in [0.15, 0.2) is 0 Å². The summed E-state index contributed by atoms with van der Waals surface area (Å²) in [6, 6.07) is 3.03. The minimum atomic E-state index is 0.415. The van der Waals surface area contributed by atoms with Crippen molar-refractivity contribution in [2.75, 3.05) is 5.32 Å². The van der Waals surface area contributed by atoms with Crippen LogP contribution in [0, 0.1) is 6.92 Å². The fourth-order valence-electron chi connectivity index (χ4n) is 2.10. The van der Waals surface area contributed by atoms with Gasteiger partial charge in [-0.2, -0.15) is 0 Å². The molecule has 1 aliphatic rings. The number of pyridine rings is 1. The van der Waals surface area contributed by atoms with Gasteiger partial charge in [0, 0.05) is 18.3 Å². The Hall–Kier alpha value is -1.09. The second kappa shape index (κ2) is 4.62. The zero-order chi connectivity index (χ0) is 10.7. The standard InChI is InChI=1S/C12H19N3/c1-9-6-7-14-8-12(9)15-11-4-2-10(13)3-5-11/h6-8,10-11,15H,2-5,13H2,1H3. The van der Waals surface area contributed by atoms with Crippen LogP contribution in [0.5, 0.6) is 0 Å². The van der Waals surface area contributed by atoms with Gasteiger partial charge in [-0.15, -0.1) is 0 Å². The van der Waals surface area contributed by atoms with Crippen molar-refractivity contribution in [3.8, 4) is 0 Å². The third-order valence-corrected chi connectivity index (χ3v) is 3.17. The van der Waals surface area contributed by atoms with Crippen LogP contribution in [0.25, 0.3) is 0 Å². The first-order valence-corrected chi connectivity index (χ1v) is 5.68. The van der Waals surface area contributed by atoms with Gasteiger partial charge >= 0.3 is 0 Å². The van der Waals surface area contributed by atoms with E-state index in [0.717, 1.165) is 18.5 Å². The smallest absolute Gasteiger partial charge is 0.0558 e. The summed E-state index contributed by atoms with van der Waals surface area (Å²) in [6.45, 7) is 2.11. The van der Waals surface area contributed by atoms with Crippen LogP contribution in [0.4, 0.5) is 5.69 Å². The third kappa shape index (κ3) is 2.69. The van der Waals surface area contributed by atoms with E-state index >= 15 is 0 Å². The van der Waals surface area contributed by atoms with Crippen LogP contribution < -0.4 is 11.1 Å². The van der Waals surface area contributed by atoms with Crippen molar-refractivity contribution in [1.29, 1.82) is 0 Å². The van der Waals surface area contributed by atoms with E-state index in [-0.39, 0.29) is 0 Å². The van der Waals surface area contributed by atoms with Gasteiger partial charge in [-0.3, -0.25) is 4.98 Å². The van der Waals surface area contributed by atoms with Crippen LogP contribution in [0.3, 0.4) is 0 Å². The molecule has 0 radical (unpaired) electrons. The summed E-state index contributed by atoms with van der Waals surface area (Å²) >= 11 is 0. The van der Waals surface area contributed by atoms with Gasteiger partial charge in [-0.25, -0.2) is 0 Å². The topological polar surface area (TPSA) is 50.9 Å². The molecule has 1 aromatic rings. The Kier molecular flexibility index (Phi) is 3.21. The van der Waals surface area contributed by atoms with Crippen LogP contribution in [0.1, 0.15) is 31.2 Å². The highest BCUT2D eigenvalue weighted by atomic mass is 14.9. The van der Waals surface area contributed by atoms with Crippen LogP contribution in [0.2, 0.25) is 0 Å². The fourth-order valence-corrected chi connectivity index (χ4v) is 2.10. The lowest BCUT2D eigenvalue weighted by Gasteiger charge is -2.28. The molecular formula is C12H19N3. The van der Waals surface area contributed by atoms with E-state index < -0.39 is 0 Å². The molecule has 0 atom stereocenters. The Morgan fingerprint density at radius 3 is 2.73 bits per heavy atom. The van der Waals surface area contributed by atoms with E-state index in [9.17, 15) is 0 Å². The number of aromatic nitrogens is 1. The van der Waals surface area contributed by atoms with E-state index in [0.29, 0.717) is 12.1 Å². The van der Waals surface area contributed by atoms with Crippen molar-refractivity contribution in [3.63, 3.8) is 0 Å². The first-order valence-electron chi connectivity index (χ1n) is 5.68. The van der Waals surface area contributed by atoms with Gasteiger partial charge in [0.2, 0.25) is 0 Å². The highest BCUT2D eigenvalue weighted by Gasteiger charge is 2.18.